The molecule has 1 N–H and O–H groups in total. The molecule has 0 radical (unpaired) electrons. The standard InChI is InChI=1S/C22H19ClN2O2/c1-4-18-20(24-2)19(21(22(26)27)25(18)3)16-10-8-14(9-11-16)12-15-6-5-7-17(23)13-15/h5-11,13H,4,12H2,1,3H3,(H,26,27). The molecule has 1 aromatic heterocycles. The van der Waals surface area contributed by atoms with E-state index >= 15 is 0 Å². The minimum atomic E-state index is -1.03. The molecule has 0 saturated carbocycles. The second-order valence-corrected chi connectivity index (χ2v) is 6.79. The van der Waals surface area contributed by atoms with Gasteiger partial charge >= 0.3 is 5.97 Å². The highest BCUT2D eigenvalue weighted by molar-refractivity contribution is 6.30. The van der Waals surface area contributed by atoms with Crippen LogP contribution in [0.4, 0.5) is 5.69 Å². The SMILES string of the molecule is [C-]#[N+]c1c(-c2ccc(Cc3cccc(Cl)c3)cc2)c(C(=O)O)n(C)c1CC. The van der Waals surface area contributed by atoms with Crippen LogP contribution in [0.1, 0.15) is 34.2 Å². The van der Waals surface area contributed by atoms with Gasteiger partial charge in [0.1, 0.15) is 5.69 Å². The Labute approximate surface area is 163 Å². The van der Waals surface area contributed by atoms with Gasteiger partial charge in [0.05, 0.1) is 6.57 Å². The quantitative estimate of drug-likeness (QED) is 0.575. The zero-order valence-electron chi connectivity index (χ0n) is 15.2. The van der Waals surface area contributed by atoms with E-state index < -0.39 is 5.97 Å². The molecule has 3 rings (SSSR count). The fourth-order valence-electron chi connectivity index (χ4n) is 3.44. The van der Waals surface area contributed by atoms with Crippen molar-refractivity contribution in [1.82, 2.24) is 4.57 Å². The number of carbonyl (C=O) groups is 1. The molecule has 0 fully saturated rings. The maximum atomic E-state index is 11.8. The molecule has 5 heteroatoms. The summed E-state index contributed by atoms with van der Waals surface area (Å²) in [5.41, 5.74) is 4.74. The monoisotopic (exact) mass is 378 g/mol. The summed E-state index contributed by atoms with van der Waals surface area (Å²) in [6.45, 7) is 9.47. The topological polar surface area (TPSA) is 46.6 Å². The van der Waals surface area contributed by atoms with E-state index in [0.717, 1.165) is 28.8 Å². The summed E-state index contributed by atoms with van der Waals surface area (Å²) in [7, 11) is 1.70. The van der Waals surface area contributed by atoms with Crippen LogP contribution in [0.2, 0.25) is 5.02 Å². The van der Waals surface area contributed by atoms with Crippen LogP contribution in [0.15, 0.2) is 48.5 Å². The third-order valence-corrected chi connectivity index (χ3v) is 4.91. The summed E-state index contributed by atoms with van der Waals surface area (Å²) in [4.78, 5) is 15.4. The summed E-state index contributed by atoms with van der Waals surface area (Å²) in [6, 6.07) is 15.4. The summed E-state index contributed by atoms with van der Waals surface area (Å²) >= 11 is 6.04. The molecule has 0 unspecified atom stereocenters. The van der Waals surface area contributed by atoms with Crippen LogP contribution in [0.25, 0.3) is 16.0 Å². The maximum absolute atomic E-state index is 11.8. The largest absolute Gasteiger partial charge is 0.477 e. The predicted molar refractivity (Wildman–Crippen MR) is 108 cm³/mol. The van der Waals surface area contributed by atoms with Gasteiger partial charge in [0, 0.05) is 23.3 Å². The molecule has 4 nitrogen and oxygen atoms in total. The lowest BCUT2D eigenvalue weighted by Gasteiger charge is -2.07. The lowest BCUT2D eigenvalue weighted by molar-refractivity contribution is 0.0687. The highest BCUT2D eigenvalue weighted by atomic mass is 35.5. The molecule has 0 spiro atoms. The molecule has 1 heterocycles. The van der Waals surface area contributed by atoms with E-state index in [2.05, 4.69) is 4.85 Å². The average molecular weight is 379 g/mol. The van der Waals surface area contributed by atoms with Crippen molar-refractivity contribution in [2.45, 2.75) is 19.8 Å². The van der Waals surface area contributed by atoms with Gasteiger partial charge in [-0.15, -0.1) is 0 Å². The lowest BCUT2D eigenvalue weighted by atomic mass is 9.99. The van der Waals surface area contributed by atoms with E-state index in [1.807, 2.05) is 55.5 Å². The van der Waals surface area contributed by atoms with Gasteiger partial charge in [-0.05, 0) is 41.7 Å². The van der Waals surface area contributed by atoms with Gasteiger partial charge in [-0.2, -0.15) is 0 Å². The number of rotatable bonds is 5. The predicted octanol–water partition coefficient (Wildman–Crippen LogP) is 5.75. The Morgan fingerprint density at radius 2 is 1.89 bits per heavy atom. The van der Waals surface area contributed by atoms with Crippen LogP contribution in [0.5, 0.6) is 0 Å². The van der Waals surface area contributed by atoms with Crippen molar-refractivity contribution in [2.75, 3.05) is 0 Å². The number of carboxylic acid groups (broad SMARTS) is 1. The fourth-order valence-corrected chi connectivity index (χ4v) is 3.65. The van der Waals surface area contributed by atoms with Crippen molar-refractivity contribution in [3.05, 3.63) is 87.5 Å². The van der Waals surface area contributed by atoms with Crippen LogP contribution in [-0.4, -0.2) is 15.6 Å². The van der Waals surface area contributed by atoms with Crippen molar-refractivity contribution < 1.29 is 9.90 Å². The van der Waals surface area contributed by atoms with Gasteiger partial charge in [0.25, 0.3) is 0 Å². The van der Waals surface area contributed by atoms with E-state index in [9.17, 15) is 9.90 Å². The number of halogens is 1. The van der Waals surface area contributed by atoms with E-state index in [4.69, 9.17) is 18.2 Å². The molecule has 27 heavy (non-hydrogen) atoms. The fraction of sp³-hybridized carbons (Fsp3) is 0.182. The first-order valence-electron chi connectivity index (χ1n) is 8.62. The Bertz CT molecular complexity index is 1040. The summed E-state index contributed by atoms with van der Waals surface area (Å²) in [5, 5.41) is 10.4. The number of hydrogen-bond acceptors (Lipinski definition) is 1. The number of aromatic carboxylic acids is 1. The first kappa shape index (κ1) is 18.8. The van der Waals surface area contributed by atoms with Gasteiger partial charge in [-0.25, -0.2) is 9.64 Å². The molecule has 0 aliphatic carbocycles. The first-order chi connectivity index (χ1) is 13.0. The summed E-state index contributed by atoms with van der Waals surface area (Å²) in [5.74, 6) is -1.03. The zero-order chi connectivity index (χ0) is 19.6. The second-order valence-electron chi connectivity index (χ2n) is 6.35. The van der Waals surface area contributed by atoms with E-state index in [1.165, 1.54) is 0 Å². The number of hydrogen-bond donors (Lipinski definition) is 1. The number of nitrogens with zero attached hydrogens (tertiary/aromatic N) is 2. The number of benzene rings is 2. The first-order valence-corrected chi connectivity index (χ1v) is 9.00. The van der Waals surface area contributed by atoms with Crippen LogP contribution < -0.4 is 0 Å². The van der Waals surface area contributed by atoms with E-state index in [-0.39, 0.29) is 5.69 Å². The highest BCUT2D eigenvalue weighted by Crippen LogP contribution is 2.39. The Kier molecular flexibility index (Phi) is 5.34. The van der Waals surface area contributed by atoms with Gasteiger partial charge in [0.2, 0.25) is 5.69 Å². The molecule has 0 bridgehead atoms. The molecule has 0 aliphatic heterocycles. The molecule has 3 aromatic rings. The van der Waals surface area contributed by atoms with E-state index in [0.29, 0.717) is 22.7 Å². The molecule has 2 aromatic carbocycles. The molecule has 136 valence electrons. The minimum Gasteiger partial charge on any atom is -0.477 e. The van der Waals surface area contributed by atoms with Crippen molar-refractivity contribution in [1.29, 1.82) is 0 Å². The van der Waals surface area contributed by atoms with Crippen LogP contribution >= 0.6 is 11.6 Å². The maximum Gasteiger partial charge on any atom is 0.351 e. The molecule has 0 atom stereocenters. The van der Waals surface area contributed by atoms with Crippen molar-refractivity contribution in [2.24, 2.45) is 7.05 Å². The van der Waals surface area contributed by atoms with Gasteiger partial charge in [-0.3, -0.25) is 0 Å². The lowest BCUT2D eigenvalue weighted by Crippen LogP contribution is -2.07. The Hall–Kier alpha value is -3.03. The van der Waals surface area contributed by atoms with Crippen LogP contribution in [0, 0.1) is 6.57 Å². The normalized spacial score (nSPS) is 10.6. The summed E-state index contributed by atoms with van der Waals surface area (Å²) < 4.78 is 1.62. The van der Waals surface area contributed by atoms with E-state index in [1.54, 1.807) is 11.6 Å². The Morgan fingerprint density at radius 1 is 1.19 bits per heavy atom. The van der Waals surface area contributed by atoms with Crippen molar-refractivity contribution in [3.8, 4) is 11.1 Å². The van der Waals surface area contributed by atoms with Gasteiger partial charge in [-0.1, -0.05) is 54.9 Å². The average Bonchev–Trinajstić information content (AvgIpc) is 2.94. The number of aromatic nitrogens is 1. The molecular weight excluding hydrogens is 360 g/mol. The second kappa shape index (κ2) is 7.69. The minimum absolute atomic E-state index is 0.153. The Balaban J connectivity index is 2.03. The van der Waals surface area contributed by atoms with Gasteiger partial charge < -0.3 is 9.67 Å². The molecule has 0 aliphatic rings. The van der Waals surface area contributed by atoms with Gasteiger partial charge in [0.15, 0.2) is 0 Å². The molecular formula is C22H19ClN2O2. The molecule has 0 saturated heterocycles. The highest BCUT2D eigenvalue weighted by Gasteiger charge is 2.25. The molecule has 0 amide bonds. The smallest absolute Gasteiger partial charge is 0.351 e. The van der Waals surface area contributed by atoms with Crippen LogP contribution in [0.3, 0.4) is 0 Å². The zero-order valence-corrected chi connectivity index (χ0v) is 15.9. The van der Waals surface area contributed by atoms with Crippen LogP contribution in [-0.2, 0) is 19.9 Å². The third-order valence-electron chi connectivity index (χ3n) is 4.68. The Morgan fingerprint density at radius 3 is 2.44 bits per heavy atom. The third kappa shape index (κ3) is 3.60. The number of carboxylic acids is 1. The summed E-state index contributed by atoms with van der Waals surface area (Å²) in [6.07, 6.45) is 1.33. The van der Waals surface area contributed by atoms with Crippen molar-refractivity contribution >= 4 is 23.3 Å². The van der Waals surface area contributed by atoms with Crippen molar-refractivity contribution in [3.63, 3.8) is 0 Å².